The van der Waals surface area contributed by atoms with E-state index in [-0.39, 0.29) is 11.3 Å². The number of rotatable bonds is 5. The first-order valence-corrected chi connectivity index (χ1v) is 8.56. The summed E-state index contributed by atoms with van der Waals surface area (Å²) in [5, 5.41) is 0. The van der Waals surface area contributed by atoms with Gasteiger partial charge in [-0.1, -0.05) is 18.2 Å². The van der Waals surface area contributed by atoms with E-state index in [9.17, 15) is 13.6 Å². The van der Waals surface area contributed by atoms with Crippen LogP contribution in [0.25, 0.3) is 22.3 Å². The molecule has 3 aromatic heterocycles. The minimum Gasteiger partial charge on any atom is -0.434 e. The SMILES string of the molecule is Cc1nc2cnc(-c3ccc(=O)[nH]c3)cc2n1Cc1ccccc1OC(F)F. The molecule has 0 aliphatic rings. The quantitative estimate of drug-likeness (QED) is 0.571. The second kappa shape index (κ2) is 7.22. The molecule has 0 radical (unpaired) electrons. The smallest absolute Gasteiger partial charge is 0.387 e. The van der Waals surface area contributed by atoms with Crippen LogP contribution in [0.2, 0.25) is 0 Å². The van der Waals surface area contributed by atoms with E-state index in [2.05, 4.69) is 19.7 Å². The Kier molecular flexibility index (Phi) is 4.60. The largest absolute Gasteiger partial charge is 0.434 e. The molecule has 0 amide bonds. The van der Waals surface area contributed by atoms with Gasteiger partial charge in [0.25, 0.3) is 0 Å². The fraction of sp³-hybridized carbons (Fsp3) is 0.150. The third kappa shape index (κ3) is 3.48. The van der Waals surface area contributed by atoms with Gasteiger partial charge in [-0.2, -0.15) is 8.78 Å². The van der Waals surface area contributed by atoms with Crippen LogP contribution in [-0.2, 0) is 6.54 Å². The predicted octanol–water partition coefficient (Wildman–Crippen LogP) is 3.74. The number of aromatic amines is 1. The average molecular weight is 382 g/mol. The van der Waals surface area contributed by atoms with Crippen molar-refractivity contribution in [2.24, 2.45) is 0 Å². The Bertz CT molecular complexity index is 1180. The minimum absolute atomic E-state index is 0.133. The van der Waals surface area contributed by atoms with Gasteiger partial charge in [0.15, 0.2) is 0 Å². The molecular formula is C20H16F2N4O2. The number of nitrogens with one attached hydrogen (secondary N) is 1. The van der Waals surface area contributed by atoms with Gasteiger partial charge >= 0.3 is 6.61 Å². The minimum atomic E-state index is -2.89. The maximum Gasteiger partial charge on any atom is 0.387 e. The van der Waals surface area contributed by atoms with Crippen LogP contribution in [0, 0.1) is 6.92 Å². The van der Waals surface area contributed by atoms with Gasteiger partial charge in [0.05, 0.1) is 24.0 Å². The van der Waals surface area contributed by atoms with E-state index in [1.165, 1.54) is 12.1 Å². The molecule has 0 aliphatic carbocycles. The molecule has 0 saturated carbocycles. The fourth-order valence-electron chi connectivity index (χ4n) is 3.09. The number of alkyl halides is 2. The number of aromatic nitrogens is 4. The first kappa shape index (κ1) is 17.8. The summed E-state index contributed by atoms with van der Waals surface area (Å²) >= 11 is 0. The third-order valence-electron chi connectivity index (χ3n) is 4.42. The number of pyridine rings is 2. The standard InChI is InChI=1S/C20H16F2N4O2/c1-12-25-16-10-23-15(13-6-7-19(27)24-9-13)8-17(16)26(12)11-14-4-2-3-5-18(14)28-20(21)22/h2-10,20H,11H2,1H3,(H,24,27). The molecule has 8 heteroatoms. The molecule has 0 spiro atoms. The predicted molar refractivity (Wildman–Crippen MR) is 100 cm³/mol. The second-order valence-electron chi connectivity index (χ2n) is 6.23. The summed E-state index contributed by atoms with van der Waals surface area (Å²) in [6, 6.07) is 11.7. The van der Waals surface area contributed by atoms with Gasteiger partial charge in [-0.15, -0.1) is 0 Å². The average Bonchev–Trinajstić information content (AvgIpc) is 2.98. The van der Waals surface area contributed by atoms with Crippen molar-refractivity contribution >= 4 is 11.0 Å². The summed E-state index contributed by atoms with van der Waals surface area (Å²) in [5.74, 6) is 0.857. The highest BCUT2D eigenvalue weighted by Crippen LogP contribution is 2.26. The highest BCUT2D eigenvalue weighted by molar-refractivity contribution is 5.80. The zero-order valence-corrected chi connectivity index (χ0v) is 14.9. The summed E-state index contributed by atoms with van der Waals surface area (Å²) in [5.41, 5.74) is 3.35. The molecule has 28 heavy (non-hydrogen) atoms. The Labute approximate surface area is 158 Å². The first-order valence-electron chi connectivity index (χ1n) is 8.56. The van der Waals surface area contributed by atoms with Gasteiger partial charge in [0.1, 0.15) is 17.1 Å². The van der Waals surface area contributed by atoms with E-state index < -0.39 is 6.61 Å². The van der Waals surface area contributed by atoms with Crippen molar-refractivity contribution in [3.63, 3.8) is 0 Å². The Morgan fingerprint density at radius 2 is 2.04 bits per heavy atom. The molecule has 1 aromatic carbocycles. The third-order valence-corrected chi connectivity index (χ3v) is 4.42. The topological polar surface area (TPSA) is 72.8 Å². The number of imidazole rings is 1. The normalized spacial score (nSPS) is 11.3. The van der Waals surface area contributed by atoms with Crippen LogP contribution in [0.3, 0.4) is 0 Å². The number of fused-ring (bicyclic) bond motifs is 1. The van der Waals surface area contributed by atoms with Gasteiger partial charge in [0, 0.05) is 23.4 Å². The summed E-state index contributed by atoms with van der Waals surface area (Å²) < 4.78 is 32.0. The number of aryl methyl sites for hydroxylation is 1. The number of H-pyrrole nitrogens is 1. The van der Waals surface area contributed by atoms with Crippen LogP contribution in [0.5, 0.6) is 5.75 Å². The summed E-state index contributed by atoms with van der Waals surface area (Å²) in [4.78, 5) is 22.8. The molecule has 0 bridgehead atoms. The fourth-order valence-corrected chi connectivity index (χ4v) is 3.09. The van der Waals surface area contributed by atoms with Crippen LogP contribution in [0.15, 0.2) is 59.7 Å². The number of nitrogens with zero attached hydrogens (tertiary/aromatic N) is 3. The first-order chi connectivity index (χ1) is 13.5. The molecule has 0 saturated heterocycles. The highest BCUT2D eigenvalue weighted by atomic mass is 19.3. The Morgan fingerprint density at radius 1 is 1.21 bits per heavy atom. The van der Waals surface area contributed by atoms with Crippen LogP contribution in [0.1, 0.15) is 11.4 Å². The molecule has 0 unspecified atom stereocenters. The van der Waals surface area contributed by atoms with E-state index in [1.807, 2.05) is 17.6 Å². The number of para-hydroxylation sites is 1. The van der Waals surface area contributed by atoms with Gasteiger partial charge in [-0.25, -0.2) is 4.98 Å². The lowest BCUT2D eigenvalue weighted by atomic mass is 10.1. The van der Waals surface area contributed by atoms with Gasteiger partial charge in [-0.3, -0.25) is 9.78 Å². The van der Waals surface area contributed by atoms with E-state index in [1.54, 1.807) is 36.7 Å². The molecule has 1 N–H and O–H groups in total. The van der Waals surface area contributed by atoms with E-state index in [0.717, 1.165) is 16.9 Å². The number of benzene rings is 1. The van der Waals surface area contributed by atoms with Crippen LogP contribution < -0.4 is 10.3 Å². The lowest BCUT2D eigenvalue weighted by Gasteiger charge is -2.13. The number of halogens is 2. The van der Waals surface area contributed by atoms with Crippen molar-refractivity contribution in [2.75, 3.05) is 0 Å². The monoisotopic (exact) mass is 382 g/mol. The van der Waals surface area contributed by atoms with Gasteiger partial charge < -0.3 is 14.3 Å². The molecule has 142 valence electrons. The van der Waals surface area contributed by atoms with E-state index in [4.69, 9.17) is 0 Å². The van der Waals surface area contributed by atoms with Crippen LogP contribution >= 0.6 is 0 Å². The lowest BCUT2D eigenvalue weighted by molar-refractivity contribution is -0.0504. The summed E-state index contributed by atoms with van der Waals surface area (Å²) in [6.07, 6.45) is 3.25. The maximum atomic E-state index is 12.7. The van der Waals surface area contributed by atoms with Crippen LogP contribution in [0.4, 0.5) is 8.78 Å². The zero-order chi connectivity index (χ0) is 19.7. The molecule has 0 atom stereocenters. The van der Waals surface area contributed by atoms with Crippen molar-refractivity contribution in [2.45, 2.75) is 20.1 Å². The van der Waals surface area contributed by atoms with E-state index >= 15 is 0 Å². The van der Waals surface area contributed by atoms with Crippen molar-refractivity contribution in [1.29, 1.82) is 0 Å². The zero-order valence-electron chi connectivity index (χ0n) is 14.9. The Morgan fingerprint density at radius 3 is 2.79 bits per heavy atom. The molecule has 4 rings (SSSR count). The Hall–Kier alpha value is -3.55. The molecule has 4 aromatic rings. The summed E-state index contributed by atoms with van der Waals surface area (Å²) in [6.45, 7) is -0.728. The Balaban J connectivity index is 1.77. The molecular weight excluding hydrogens is 366 g/mol. The van der Waals surface area contributed by atoms with Crippen molar-refractivity contribution in [3.05, 3.63) is 76.6 Å². The van der Waals surface area contributed by atoms with Crippen LogP contribution in [-0.4, -0.2) is 26.1 Å². The van der Waals surface area contributed by atoms with Crippen molar-refractivity contribution in [3.8, 4) is 17.0 Å². The summed E-state index contributed by atoms with van der Waals surface area (Å²) in [7, 11) is 0. The molecule has 3 heterocycles. The second-order valence-corrected chi connectivity index (χ2v) is 6.23. The lowest BCUT2D eigenvalue weighted by Crippen LogP contribution is -2.08. The van der Waals surface area contributed by atoms with Crippen molar-refractivity contribution < 1.29 is 13.5 Å². The maximum absolute atomic E-state index is 12.7. The molecule has 0 aliphatic heterocycles. The van der Waals surface area contributed by atoms with Crippen molar-refractivity contribution in [1.82, 2.24) is 19.5 Å². The highest BCUT2D eigenvalue weighted by Gasteiger charge is 2.14. The molecule has 0 fully saturated rings. The number of hydrogen-bond donors (Lipinski definition) is 1. The van der Waals surface area contributed by atoms with E-state index in [0.29, 0.717) is 23.3 Å². The molecule has 6 nitrogen and oxygen atoms in total. The number of ether oxygens (including phenoxy) is 1. The van der Waals surface area contributed by atoms with Gasteiger partial charge in [-0.05, 0) is 25.1 Å². The number of hydrogen-bond acceptors (Lipinski definition) is 4. The van der Waals surface area contributed by atoms with Gasteiger partial charge in [0.2, 0.25) is 5.56 Å².